The van der Waals surface area contributed by atoms with Gasteiger partial charge in [-0.1, -0.05) is 24.3 Å². The van der Waals surface area contributed by atoms with Crippen molar-refractivity contribution >= 4 is 11.7 Å². The van der Waals surface area contributed by atoms with E-state index in [0.717, 1.165) is 19.3 Å². The van der Waals surface area contributed by atoms with E-state index >= 15 is 0 Å². The van der Waals surface area contributed by atoms with Crippen LogP contribution in [-0.4, -0.2) is 16.7 Å². The predicted octanol–water partition coefficient (Wildman–Crippen LogP) is 3.02. The second-order valence-corrected chi connectivity index (χ2v) is 5.48. The Bertz CT molecular complexity index is 688. The molecule has 2 aromatic rings. The number of hydrogen-bond acceptors (Lipinski definition) is 2. The van der Waals surface area contributed by atoms with E-state index in [4.69, 9.17) is 0 Å². The van der Waals surface area contributed by atoms with Crippen LogP contribution in [0.15, 0.2) is 36.5 Å². The summed E-state index contributed by atoms with van der Waals surface area (Å²) in [6, 6.07) is 9.89. The first-order valence-electron chi connectivity index (χ1n) is 7.23. The minimum Gasteiger partial charge on any atom is -0.356 e. The maximum Gasteiger partial charge on any atom is 0.268 e. The highest BCUT2D eigenvalue weighted by Crippen LogP contribution is 2.29. The van der Waals surface area contributed by atoms with Crippen LogP contribution in [-0.2, 0) is 6.42 Å². The molecule has 108 valence electrons. The van der Waals surface area contributed by atoms with Gasteiger partial charge < -0.3 is 10.3 Å². The number of carbonyl (C=O) groups is 2. The fourth-order valence-electron chi connectivity index (χ4n) is 2.87. The van der Waals surface area contributed by atoms with E-state index in [1.165, 1.54) is 18.1 Å². The Morgan fingerprint density at radius 1 is 1.29 bits per heavy atom. The highest BCUT2D eigenvalue weighted by Gasteiger charge is 2.22. The highest BCUT2D eigenvalue weighted by molar-refractivity contribution is 5.99. The summed E-state index contributed by atoms with van der Waals surface area (Å²) < 4.78 is 0. The monoisotopic (exact) mass is 282 g/mol. The molecule has 3 rings (SSSR count). The van der Waals surface area contributed by atoms with Crippen LogP contribution >= 0.6 is 0 Å². The fourth-order valence-corrected chi connectivity index (χ4v) is 2.87. The molecule has 1 aliphatic rings. The van der Waals surface area contributed by atoms with Crippen LogP contribution in [0.5, 0.6) is 0 Å². The number of carbonyl (C=O) groups excluding carboxylic acids is 2. The molecule has 4 nitrogen and oxygen atoms in total. The maximum absolute atomic E-state index is 12.3. The summed E-state index contributed by atoms with van der Waals surface area (Å²) in [6.07, 6.45) is 4.67. The molecule has 0 saturated carbocycles. The molecule has 0 radical (unpaired) electrons. The first kappa shape index (κ1) is 13.6. The van der Waals surface area contributed by atoms with E-state index in [9.17, 15) is 9.59 Å². The second-order valence-electron chi connectivity index (χ2n) is 5.48. The summed E-state index contributed by atoms with van der Waals surface area (Å²) in [7, 11) is 0. The zero-order valence-corrected chi connectivity index (χ0v) is 12.0. The lowest BCUT2D eigenvalue weighted by Crippen LogP contribution is -2.31. The Balaban J connectivity index is 1.77. The summed E-state index contributed by atoms with van der Waals surface area (Å²) in [6.45, 7) is 1.49. The zero-order chi connectivity index (χ0) is 14.8. The first-order chi connectivity index (χ1) is 10.1. The third-order valence-electron chi connectivity index (χ3n) is 4.01. The van der Waals surface area contributed by atoms with Crippen LogP contribution in [0.3, 0.4) is 0 Å². The SMILES string of the molecule is CC(=O)c1c[nH]c(C(=O)N[C@H]2CCCc3ccccc32)c1. The summed E-state index contributed by atoms with van der Waals surface area (Å²) in [4.78, 5) is 26.5. The molecule has 1 aromatic heterocycles. The van der Waals surface area contributed by atoms with Gasteiger partial charge in [-0.25, -0.2) is 0 Å². The highest BCUT2D eigenvalue weighted by atomic mass is 16.2. The van der Waals surface area contributed by atoms with Crippen molar-refractivity contribution in [3.05, 3.63) is 58.9 Å². The smallest absolute Gasteiger partial charge is 0.268 e. The van der Waals surface area contributed by atoms with Gasteiger partial charge >= 0.3 is 0 Å². The molecule has 0 bridgehead atoms. The topological polar surface area (TPSA) is 62.0 Å². The molecule has 0 spiro atoms. The molecule has 1 amide bonds. The molecule has 0 fully saturated rings. The largest absolute Gasteiger partial charge is 0.356 e. The lowest BCUT2D eigenvalue weighted by atomic mass is 9.87. The summed E-state index contributed by atoms with van der Waals surface area (Å²) in [5.41, 5.74) is 3.48. The van der Waals surface area contributed by atoms with Crippen molar-refractivity contribution in [2.45, 2.75) is 32.2 Å². The van der Waals surface area contributed by atoms with Crippen molar-refractivity contribution in [1.82, 2.24) is 10.3 Å². The Morgan fingerprint density at radius 2 is 2.10 bits per heavy atom. The molecule has 4 heteroatoms. The van der Waals surface area contributed by atoms with Crippen LogP contribution in [0.4, 0.5) is 0 Å². The number of aromatic nitrogens is 1. The quantitative estimate of drug-likeness (QED) is 0.850. The van der Waals surface area contributed by atoms with Crippen LogP contribution < -0.4 is 5.32 Å². The van der Waals surface area contributed by atoms with Gasteiger partial charge in [0.1, 0.15) is 5.69 Å². The maximum atomic E-state index is 12.3. The lowest BCUT2D eigenvalue weighted by Gasteiger charge is -2.26. The van der Waals surface area contributed by atoms with Gasteiger partial charge in [0, 0.05) is 11.8 Å². The number of aromatic amines is 1. The summed E-state index contributed by atoms with van der Waals surface area (Å²) in [5.74, 6) is -0.211. The van der Waals surface area contributed by atoms with E-state index in [0.29, 0.717) is 11.3 Å². The molecular formula is C17H18N2O2. The Morgan fingerprint density at radius 3 is 2.86 bits per heavy atom. The van der Waals surface area contributed by atoms with E-state index in [2.05, 4.69) is 22.4 Å². The standard InChI is InChI=1S/C17H18N2O2/c1-11(20)13-9-16(18-10-13)17(21)19-15-8-4-6-12-5-2-3-7-14(12)15/h2-3,5,7,9-10,15,18H,4,6,8H2,1H3,(H,19,21)/t15-/m0/s1. The van der Waals surface area contributed by atoms with E-state index < -0.39 is 0 Å². The van der Waals surface area contributed by atoms with Crippen molar-refractivity contribution < 1.29 is 9.59 Å². The number of Topliss-reactive ketones (excluding diaryl/α,β-unsaturated/α-hetero) is 1. The van der Waals surface area contributed by atoms with Crippen LogP contribution in [0, 0.1) is 0 Å². The minimum absolute atomic E-state index is 0.0477. The molecule has 2 N–H and O–H groups in total. The third kappa shape index (κ3) is 2.75. The molecule has 21 heavy (non-hydrogen) atoms. The van der Waals surface area contributed by atoms with Gasteiger partial charge in [-0.05, 0) is 43.4 Å². The molecule has 1 aromatic carbocycles. The third-order valence-corrected chi connectivity index (χ3v) is 4.01. The number of ketones is 1. The van der Waals surface area contributed by atoms with Gasteiger partial charge in [0.05, 0.1) is 6.04 Å². The van der Waals surface area contributed by atoms with Crippen molar-refractivity contribution in [3.8, 4) is 0 Å². The van der Waals surface area contributed by atoms with E-state index in [1.54, 1.807) is 12.3 Å². The molecule has 1 aliphatic carbocycles. The van der Waals surface area contributed by atoms with E-state index in [-0.39, 0.29) is 17.7 Å². The van der Waals surface area contributed by atoms with Gasteiger partial charge in [0.15, 0.2) is 5.78 Å². The number of aryl methyl sites for hydroxylation is 1. The number of fused-ring (bicyclic) bond motifs is 1. The molecular weight excluding hydrogens is 264 g/mol. The number of hydrogen-bond donors (Lipinski definition) is 2. The number of H-pyrrole nitrogens is 1. The number of rotatable bonds is 3. The molecule has 0 saturated heterocycles. The number of amides is 1. The van der Waals surface area contributed by atoms with Gasteiger partial charge in [0.25, 0.3) is 5.91 Å². The average molecular weight is 282 g/mol. The second kappa shape index (κ2) is 5.56. The summed E-state index contributed by atoms with van der Waals surface area (Å²) in [5, 5.41) is 3.06. The number of benzene rings is 1. The lowest BCUT2D eigenvalue weighted by molar-refractivity contribution is 0.0928. The van der Waals surface area contributed by atoms with Gasteiger partial charge in [-0.2, -0.15) is 0 Å². The fraction of sp³-hybridized carbons (Fsp3) is 0.294. The Hall–Kier alpha value is -2.36. The van der Waals surface area contributed by atoms with Crippen LogP contribution in [0.1, 0.15) is 57.8 Å². The first-order valence-corrected chi connectivity index (χ1v) is 7.23. The summed E-state index contributed by atoms with van der Waals surface area (Å²) >= 11 is 0. The molecule has 0 aliphatic heterocycles. The van der Waals surface area contributed by atoms with Crippen LogP contribution in [0.25, 0.3) is 0 Å². The zero-order valence-electron chi connectivity index (χ0n) is 12.0. The van der Waals surface area contributed by atoms with E-state index in [1.807, 2.05) is 12.1 Å². The van der Waals surface area contributed by atoms with Crippen LogP contribution in [0.2, 0.25) is 0 Å². The van der Waals surface area contributed by atoms with Crippen molar-refractivity contribution in [2.24, 2.45) is 0 Å². The van der Waals surface area contributed by atoms with Gasteiger partial charge in [-0.15, -0.1) is 0 Å². The average Bonchev–Trinajstić information content (AvgIpc) is 2.98. The minimum atomic E-state index is -0.163. The Kier molecular flexibility index (Phi) is 3.60. The predicted molar refractivity (Wildman–Crippen MR) is 80.4 cm³/mol. The van der Waals surface area contributed by atoms with Crippen molar-refractivity contribution in [2.75, 3.05) is 0 Å². The molecule has 1 heterocycles. The normalized spacial score (nSPS) is 17.1. The van der Waals surface area contributed by atoms with Crippen molar-refractivity contribution in [1.29, 1.82) is 0 Å². The Labute approximate surface area is 123 Å². The van der Waals surface area contributed by atoms with Gasteiger partial charge in [-0.3, -0.25) is 9.59 Å². The molecule has 1 atom stereocenters. The van der Waals surface area contributed by atoms with Crippen molar-refractivity contribution in [3.63, 3.8) is 0 Å². The molecule has 0 unspecified atom stereocenters. The number of nitrogens with one attached hydrogen (secondary N) is 2. The van der Waals surface area contributed by atoms with Gasteiger partial charge in [0.2, 0.25) is 0 Å².